The van der Waals surface area contributed by atoms with Gasteiger partial charge in [-0.25, -0.2) is 4.39 Å². The highest BCUT2D eigenvalue weighted by Crippen LogP contribution is 2.22. The fourth-order valence-corrected chi connectivity index (χ4v) is 1.88. The second-order valence-electron chi connectivity index (χ2n) is 3.83. The molecule has 0 heterocycles. The van der Waals surface area contributed by atoms with Crippen molar-refractivity contribution in [1.82, 2.24) is 0 Å². The van der Waals surface area contributed by atoms with Gasteiger partial charge in [-0.2, -0.15) is 0 Å². The number of methoxy groups -OCH3 is 1. The molecule has 3 nitrogen and oxygen atoms in total. The van der Waals surface area contributed by atoms with E-state index < -0.39 is 0 Å². The maximum atomic E-state index is 13.4. The van der Waals surface area contributed by atoms with Crippen molar-refractivity contribution in [3.8, 4) is 5.75 Å². The van der Waals surface area contributed by atoms with Gasteiger partial charge < -0.3 is 10.1 Å². The second-order valence-corrected chi connectivity index (χ2v) is 4.68. The molecule has 0 unspecified atom stereocenters. The highest BCUT2D eigenvalue weighted by Gasteiger charge is 2.09. The molecule has 2 N–H and O–H groups in total. The molecule has 0 radical (unpaired) electrons. The van der Waals surface area contributed by atoms with Gasteiger partial charge in [0.05, 0.1) is 17.1 Å². The van der Waals surface area contributed by atoms with Crippen molar-refractivity contribution in [2.75, 3.05) is 12.4 Å². The summed E-state index contributed by atoms with van der Waals surface area (Å²) in [5.74, 6) is 0.370. The Morgan fingerprint density at radius 3 is 2.68 bits per heavy atom. The summed E-state index contributed by atoms with van der Waals surface area (Å²) >= 11 is 3.09. The smallest absolute Gasteiger partial charge is 0.139 e. The van der Waals surface area contributed by atoms with Crippen LogP contribution in [0.2, 0.25) is 0 Å². The van der Waals surface area contributed by atoms with E-state index in [2.05, 4.69) is 21.2 Å². The molecule has 0 aliphatic rings. The first-order chi connectivity index (χ1) is 9.11. The minimum atomic E-state index is -0.377. The summed E-state index contributed by atoms with van der Waals surface area (Å²) in [5.41, 5.74) is 1.13. The van der Waals surface area contributed by atoms with Crippen LogP contribution in [0.4, 0.5) is 10.1 Å². The molecule has 0 saturated heterocycles. The first-order valence-electron chi connectivity index (χ1n) is 5.56. The van der Waals surface area contributed by atoms with E-state index in [-0.39, 0.29) is 11.7 Å². The highest BCUT2D eigenvalue weighted by atomic mass is 79.9. The predicted octanol–water partition coefficient (Wildman–Crippen LogP) is 4.03. The number of benzene rings is 2. The lowest BCUT2D eigenvalue weighted by atomic mass is 10.1. The lowest BCUT2D eigenvalue weighted by Gasteiger charge is -2.11. The number of anilines is 1. The third kappa shape index (κ3) is 3.12. The fraction of sp³-hybridized carbons (Fsp3) is 0.0714. The van der Waals surface area contributed by atoms with Gasteiger partial charge in [-0.15, -0.1) is 0 Å². The van der Waals surface area contributed by atoms with E-state index in [0.717, 1.165) is 0 Å². The molecule has 0 amide bonds. The Balaban J connectivity index is 2.23. The van der Waals surface area contributed by atoms with Crippen molar-refractivity contribution >= 4 is 27.5 Å². The molecule has 0 spiro atoms. The molecule has 0 aromatic heterocycles. The van der Waals surface area contributed by atoms with Crippen molar-refractivity contribution in [3.63, 3.8) is 0 Å². The maximum absolute atomic E-state index is 13.4. The zero-order valence-electron chi connectivity index (χ0n) is 10.2. The van der Waals surface area contributed by atoms with Gasteiger partial charge in [0, 0.05) is 5.69 Å². The summed E-state index contributed by atoms with van der Waals surface area (Å²) in [7, 11) is 1.55. The SMILES string of the molecule is COc1ccccc1C(=N)Nc1ccc(Br)c(F)c1. The van der Waals surface area contributed by atoms with Gasteiger partial charge in [0.25, 0.3) is 0 Å². The van der Waals surface area contributed by atoms with Gasteiger partial charge in [-0.1, -0.05) is 12.1 Å². The quantitative estimate of drug-likeness (QED) is 0.661. The zero-order valence-corrected chi connectivity index (χ0v) is 11.8. The van der Waals surface area contributed by atoms with Crippen LogP contribution in [-0.4, -0.2) is 12.9 Å². The van der Waals surface area contributed by atoms with Crippen molar-refractivity contribution in [2.24, 2.45) is 0 Å². The van der Waals surface area contributed by atoms with Crippen molar-refractivity contribution < 1.29 is 9.13 Å². The lowest BCUT2D eigenvalue weighted by molar-refractivity contribution is 0.414. The molecule has 0 saturated carbocycles. The topological polar surface area (TPSA) is 45.1 Å². The number of halogens is 2. The number of hydrogen-bond donors (Lipinski definition) is 2. The Bertz CT molecular complexity index is 616. The molecule has 19 heavy (non-hydrogen) atoms. The standard InChI is InChI=1S/C14H12BrFN2O/c1-19-13-5-3-2-4-10(13)14(17)18-9-6-7-11(15)12(16)8-9/h2-8H,1H3,(H2,17,18). The van der Waals surface area contributed by atoms with Gasteiger partial charge in [0.1, 0.15) is 17.4 Å². The fourth-order valence-electron chi connectivity index (χ4n) is 1.64. The van der Waals surface area contributed by atoms with Gasteiger partial charge >= 0.3 is 0 Å². The third-order valence-corrected chi connectivity index (χ3v) is 3.21. The van der Waals surface area contributed by atoms with Crippen LogP contribution in [0, 0.1) is 11.2 Å². The molecule has 0 fully saturated rings. The number of rotatable bonds is 3. The van der Waals surface area contributed by atoms with Crippen LogP contribution >= 0.6 is 15.9 Å². The molecule has 0 atom stereocenters. The number of nitrogens with one attached hydrogen (secondary N) is 2. The number of amidine groups is 1. The van der Waals surface area contributed by atoms with Crippen molar-refractivity contribution in [2.45, 2.75) is 0 Å². The molecule has 5 heteroatoms. The monoisotopic (exact) mass is 322 g/mol. The normalized spacial score (nSPS) is 10.1. The summed E-state index contributed by atoms with van der Waals surface area (Å²) < 4.78 is 19.0. The molecule has 0 bridgehead atoms. The predicted molar refractivity (Wildman–Crippen MR) is 77.5 cm³/mol. The van der Waals surface area contributed by atoms with Crippen LogP contribution in [0.15, 0.2) is 46.9 Å². The largest absolute Gasteiger partial charge is 0.496 e. The summed E-state index contributed by atoms with van der Waals surface area (Å²) in [5, 5.41) is 10.9. The van der Waals surface area contributed by atoms with Gasteiger partial charge in [0.2, 0.25) is 0 Å². The van der Waals surface area contributed by atoms with Crippen LogP contribution in [0.5, 0.6) is 5.75 Å². The Kier molecular flexibility index (Phi) is 4.16. The summed E-state index contributed by atoms with van der Waals surface area (Å²) in [6.45, 7) is 0. The van der Waals surface area contributed by atoms with E-state index in [9.17, 15) is 4.39 Å². The first kappa shape index (κ1) is 13.5. The molecule has 2 aromatic carbocycles. The molecule has 0 aliphatic carbocycles. The summed E-state index contributed by atoms with van der Waals surface area (Å²) in [4.78, 5) is 0. The second kappa shape index (κ2) is 5.84. The Hall–Kier alpha value is -1.88. The first-order valence-corrected chi connectivity index (χ1v) is 6.35. The minimum absolute atomic E-state index is 0.152. The van der Waals surface area contributed by atoms with Crippen LogP contribution in [0.1, 0.15) is 5.56 Å². The van der Waals surface area contributed by atoms with Gasteiger partial charge in [-0.3, -0.25) is 5.41 Å². The highest BCUT2D eigenvalue weighted by molar-refractivity contribution is 9.10. The molecule has 2 rings (SSSR count). The molecular formula is C14H12BrFN2O. The van der Waals surface area contributed by atoms with Crippen molar-refractivity contribution in [1.29, 1.82) is 5.41 Å². The van der Waals surface area contributed by atoms with Crippen LogP contribution in [0.3, 0.4) is 0 Å². The minimum Gasteiger partial charge on any atom is -0.496 e. The van der Waals surface area contributed by atoms with E-state index in [1.165, 1.54) is 6.07 Å². The third-order valence-electron chi connectivity index (χ3n) is 2.57. The number of hydrogen-bond acceptors (Lipinski definition) is 2. The van der Waals surface area contributed by atoms with Gasteiger partial charge in [0.15, 0.2) is 0 Å². The van der Waals surface area contributed by atoms with Crippen molar-refractivity contribution in [3.05, 3.63) is 58.3 Å². The van der Waals surface area contributed by atoms with E-state index in [0.29, 0.717) is 21.5 Å². The molecule has 2 aromatic rings. The summed E-state index contributed by atoms with van der Waals surface area (Å²) in [6, 6.07) is 11.8. The number of ether oxygens (including phenoxy) is 1. The Labute approximate surface area is 119 Å². The van der Waals surface area contributed by atoms with Crippen LogP contribution in [0.25, 0.3) is 0 Å². The van der Waals surface area contributed by atoms with E-state index in [1.54, 1.807) is 31.4 Å². The maximum Gasteiger partial charge on any atom is 0.139 e. The lowest BCUT2D eigenvalue weighted by Crippen LogP contribution is -2.13. The Morgan fingerprint density at radius 2 is 2.00 bits per heavy atom. The van der Waals surface area contributed by atoms with Crippen LogP contribution < -0.4 is 10.1 Å². The molecular weight excluding hydrogens is 311 g/mol. The van der Waals surface area contributed by atoms with Crippen LogP contribution in [-0.2, 0) is 0 Å². The van der Waals surface area contributed by atoms with E-state index in [4.69, 9.17) is 10.1 Å². The van der Waals surface area contributed by atoms with Gasteiger partial charge in [-0.05, 0) is 46.3 Å². The average Bonchev–Trinajstić information content (AvgIpc) is 2.43. The number of para-hydroxylation sites is 1. The molecule has 98 valence electrons. The Morgan fingerprint density at radius 1 is 1.26 bits per heavy atom. The summed E-state index contributed by atoms with van der Waals surface area (Å²) in [6.07, 6.45) is 0. The average molecular weight is 323 g/mol. The zero-order chi connectivity index (χ0) is 13.8. The molecule has 0 aliphatic heterocycles. The van der Waals surface area contributed by atoms with E-state index >= 15 is 0 Å². The van der Waals surface area contributed by atoms with E-state index in [1.807, 2.05) is 12.1 Å².